The van der Waals surface area contributed by atoms with E-state index in [0.717, 1.165) is 26.2 Å². The predicted octanol–water partition coefficient (Wildman–Crippen LogP) is 4.36. The topological polar surface area (TPSA) is 83.5 Å². The molecule has 0 unspecified atom stereocenters. The van der Waals surface area contributed by atoms with Gasteiger partial charge in [-0.25, -0.2) is 14.5 Å². The Morgan fingerprint density at radius 1 is 0.780 bits per heavy atom. The van der Waals surface area contributed by atoms with E-state index in [9.17, 15) is 9.59 Å². The zero-order valence-corrected chi connectivity index (χ0v) is 28.6. The Hall–Kier alpha value is -2.69. The highest BCUT2D eigenvalue weighted by Gasteiger charge is 2.32. The van der Waals surface area contributed by atoms with Crippen LogP contribution in [-0.4, -0.2) is 55.7 Å². The summed E-state index contributed by atoms with van der Waals surface area (Å²) in [5.41, 5.74) is -0.351. The van der Waals surface area contributed by atoms with E-state index in [2.05, 4.69) is 32.9 Å². The lowest BCUT2D eigenvalue weighted by atomic mass is 9.93. The average molecular weight is 685 g/mol. The zero-order chi connectivity index (χ0) is 31.0. The van der Waals surface area contributed by atoms with Gasteiger partial charge in [0.1, 0.15) is 17.0 Å². The molecule has 9 heteroatoms. The fourth-order valence-corrected chi connectivity index (χ4v) is 6.09. The van der Waals surface area contributed by atoms with Crippen molar-refractivity contribution >= 4 is 12.2 Å². The standard InChI is InChI=1S/C32H47INO7/c1-30(2,3)17-19-39-24-14-12-23(13-15-24)33-25-21-27(38-11)26(37-10)20-22(25)16-18-34(28(35)40-31(4,5)6)29(36)41-32(7,8)9/h12-15,20-21H,16-19H2,1-11H3/q+1. The van der Waals surface area contributed by atoms with Crippen LogP contribution >= 0.6 is 0 Å². The Morgan fingerprint density at radius 2 is 1.29 bits per heavy atom. The van der Waals surface area contributed by atoms with Crippen molar-refractivity contribution in [1.29, 1.82) is 0 Å². The molecule has 8 nitrogen and oxygen atoms in total. The van der Waals surface area contributed by atoms with Gasteiger partial charge in [-0.05, 0) is 90.1 Å². The number of nitrogens with zero attached hydrogens (tertiary/aromatic N) is 1. The maximum absolute atomic E-state index is 13.0. The van der Waals surface area contributed by atoms with Crippen molar-refractivity contribution in [3.05, 3.63) is 49.1 Å². The molecular weight excluding hydrogens is 637 g/mol. The number of methoxy groups -OCH3 is 2. The molecular formula is C32H47INO7+. The lowest BCUT2D eigenvalue weighted by molar-refractivity contribution is -0.598. The molecule has 2 rings (SSSR count). The van der Waals surface area contributed by atoms with Crippen molar-refractivity contribution in [3.63, 3.8) is 0 Å². The van der Waals surface area contributed by atoms with Crippen molar-refractivity contribution in [1.82, 2.24) is 4.90 Å². The maximum Gasteiger partial charge on any atom is 0.419 e. The van der Waals surface area contributed by atoms with Crippen molar-refractivity contribution in [2.75, 3.05) is 27.4 Å². The second kappa shape index (κ2) is 14.5. The minimum Gasteiger partial charge on any atom is -0.494 e. The van der Waals surface area contributed by atoms with E-state index in [1.54, 1.807) is 55.8 Å². The van der Waals surface area contributed by atoms with E-state index in [1.165, 1.54) is 3.57 Å². The Kier molecular flexibility index (Phi) is 12.2. The Balaban J connectivity index is 2.31. The van der Waals surface area contributed by atoms with Crippen LogP contribution in [0.4, 0.5) is 9.59 Å². The molecule has 0 saturated carbocycles. The normalized spacial score (nSPS) is 12.0. The number of ether oxygens (including phenoxy) is 5. The Morgan fingerprint density at radius 3 is 1.76 bits per heavy atom. The molecule has 2 aromatic carbocycles. The minimum atomic E-state index is -0.764. The molecule has 0 aliphatic rings. The SMILES string of the molecule is COc1cc(CCN(C(=O)OC(C)(C)C)C(=O)OC(C)(C)C)c([I+]c2ccc(OCCC(C)(C)C)cc2)cc1OC. The number of amides is 2. The molecule has 0 saturated heterocycles. The van der Waals surface area contributed by atoms with Gasteiger partial charge in [0, 0.05) is 18.2 Å². The quantitative estimate of drug-likeness (QED) is 0.344. The van der Waals surface area contributed by atoms with Gasteiger partial charge < -0.3 is 23.7 Å². The molecule has 0 atom stereocenters. The van der Waals surface area contributed by atoms with Crippen molar-refractivity contribution < 1.29 is 54.5 Å². The van der Waals surface area contributed by atoms with Gasteiger partial charge in [-0.1, -0.05) is 20.8 Å². The zero-order valence-electron chi connectivity index (χ0n) is 26.5. The number of rotatable bonds is 10. The monoisotopic (exact) mass is 684 g/mol. The first-order valence-electron chi connectivity index (χ1n) is 13.8. The van der Waals surface area contributed by atoms with Gasteiger partial charge in [0.25, 0.3) is 0 Å². The van der Waals surface area contributed by atoms with Crippen LogP contribution in [0.1, 0.15) is 74.3 Å². The van der Waals surface area contributed by atoms with Crippen LogP contribution in [0.15, 0.2) is 36.4 Å². The van der Waals surface area contributed by atoms with Crippen LogP contribution in [0, 0.1) is 12.6 Å². The maximum atomic E-state index is 13.0. The fraction of sp³-hybridized carbons (Fsp3) is 0.562. The summed E-state index contributed by atoms with van der Waals surface area (Å²) < 4.78 is 30.4. The number of hydrogen-bond donors (Lipinski definition) is 0. The van der Waals surface area contributed by atoms with Crippen LogP contribution in [-0.2, 0) is 15.9 Å². The first-order valence-corrected chi connectivity index (χ1v) is 15.9. The van der Waals surface area contributed by atoms with Crippen LogP contribution in [0.25, 0.3) is 0 Å². The highest BCUT2D eigenvalue weighted by atomic mass is 127. The summed E-state index contributed by atoms with van der Waals surface area (Å²) >= 11 is -0.631. The number of hydrogen-bond acceptors (Lipinski definition) is 7. The average Bonchev–Trinajstić information content (AvgIpc) is 2.82. The summed E-state index contributed by atoms with van der Waals surface area (Å²) in [6, 6.07) is 12.1. The molecule has 228 valence electrons. The highest BCUT2D eigenvalue weighted by molar-refractivity contribution is 5.88. The largest absolute Gasteiger partial charge is 0.494 e. The van der Waals surface area contributed by atoms with Crippen molar-refractivity contribution in [2.24, 2.45) is 5.41 Å². The summed E-state index contributed by atoms with van der Waals surface area (Å²) in [5.74, 6) is 2.06. The number of carbonyl (C=O) groups is 2. The van der Waals surface area contributed by atoms with Gasteiger partial charge in [0.15, 0.2) is 15.1 Å². The molecule has 0 bridgehead atoms. The summed E-state index contributed by atoms with van der Waals surface area (Å²) in [7, 11) is 3.19. The number of imide groups is 1. The molecule has 0 heterocycles. The number of benzene rings is 2. The number of carbonyl (C=O) groups excluding carboxylic acids is 2. The van der Waals surface area contributed by atoms with E-state index >= 15 is 0 Å². The van der Waals surface area contributed by atoms with Crippen LogP contribution in [0.3, 0.4) is 0 Å². The van der Waals surface area contributed by atoms with Gasteiger partial charge >= 0.3 is 33.4 Å². The lowest BCUT2D eigenvalue weighted by Gasteiger charge is -2.28. The van der Waals surface area contributed by atoms with E-state index in [4.69, 9.17) is 23.7 Å². The van der Waals surface area contributed by atoms with Gasteiger partial charge in [0.2, 0.25) is 3.57 Å². The van der Waals surface area contributed by atoms with Crippen molar-refractivity contribution in [2.45, 2.75) is 86.4 Å². The molecule has 2 amide bonds. The van der Waals surface area contributed by atoms with Crippen LogP contribution in [0.5, 0.6) is 17.2 Å². The molecule has 0 radical (unpaired) electrons. The lowest BCUT2D eigenvalue weighted by Crippen LogP contribution is -3.61. The van der Waals surface area contributed by atoms with Gasteiger partial charge in [0.05, 0.1) is 20.8 Å². The summed E-state index contributed by atoms with van der Waals surface area (Å²) in [6.07, 6.45) is -0.126. The third-order valence-corrected chi connectivity index (χ3v) is 8.46. The van der Waals surface area contributed by atoms with E-state index < -0.39 is 44.6 Å². The number of halogens is 1. The summed E-state index contributed by atoms with van der Waals surface area (Å²) in [4.78, 5) is 27.1. The highest BCUT2D eigenvalue weighted by Crippen LogP contribution is 2.28. The van der Waals surface area contributed by atoms with Crippen LogP contribution < -0.4 is 35.4 Å². The second-order valence-corrected chi connectivity index (χ2v) is 15.8. The summed E-state index contributed by atoms with van der Waals surface area (Å²) in [6.45, 7) is 17.9. The van der Waals surface area contributed by atoms with E-state index in [-0.39, 0.29) is 12.0 Å². The van der Waals surface area contributed by atoms with Gasteiger partial charge in [-0.15, -0.1) is 0 Å². The Bertz CT molecular complexity index is 1130. The molecule has 0 N–H and O–H groups in total. The molecule has 0 aromatic heterocycles. The van der Waals surface area contributed by atoms with Gasteiger partial charge in [-0.3, -0.25) is 0 Å². The Labute approximate surface area is 256 Å². The molecule has 0 aliphatic heterocycles. The van der Waals surface area contributed by atoms with Gasteiger partial charge in [-0.2, -0.15) is 0 Å². The predicted molar refractivity (Wildman–Crippen MR) is 156 cm³/mol. The fourth-order valence-electron chi connectivity index (χ4n) is 3.49. The first-order chi connectivity index (χ1) is 18.9. The first kappa shape index (κ1) is 34.5. The molecule has 0 fully saturated rings. The third-order valence-electron chi connectivity index (χ3n) is 5.53. The molecule has 2 aromatic rings. The molecule has 0 spiro atoms. The van der Waals surface area contributed by atoms with Crippen LogP contribution in [0.2, 0.25) is 0 Å². The van der Waals surface area contributed by atoms with Crippen molar-refractivity contribution in [3.8, 4) is 17.2 Å². The molecule has 41 heavy (non-hydrogen) atoms. The minimum absolute atomic E-state index is 0.0800. The summed E-state index contributed by atoms with van der Waals surface area (Å²) in [5, 5.41) is 0. The third kappa shape index (κ3) is 12.4. The molecule has 0 aliphatic carbocycles. The second-order valence-electron chi connectivity index (χ2n) is 12.9. The van der Waals surface area contributed by atoms with E-state index in [0.29, 0.717) is 24.5 Å². The smallest absolute Gasteiger partial charge is 0.419 e. The van der Waals surface area contributed by atoms with E-state index in [1.807, 2.05) is 24.3 Å².